The first-order chi connectivity index (χ1) is 8.81. The molecule has 0 radical (unpaired) electrons. The number of rotatable bonds is 9. The van der Waals surface area contributed by atoms with Crippen molar-refractivity contribution in [3.05, 3.63) is 43.4 Å². The first-order valence-electron chi connectivity index (χ1n) is 6.30. The average molecular weight is 246 g/mol. The molecule has 0 aliphatic carbocycles. The maximum absolute atomic E-state index is 4.42. The standard InChI is InChI=1S/C14H22N4/c1-4-7-15-10-13-11-17-14(12-16-13)18(8-5-2)9-6-3/h5-6,11-12,15H,2-4,7-10H2,1H3. The van der Waals surface area contributed by atoms with E-state index in [1.807, 2.05) is 18.3 Å². The molecule has 0 aromatic carbocycles. The summed E-state index contributed by atoms with van der Waals surface area (Å²) in [5, 5.41) is 3.30. The Morgan fingerprint density at radius 2 is 1.94 bits per heavy atom. The Bertz CT molecular complexity index is 349. The highest BCUT2D eigenvalue weighted by Crippen LogP contribution is 2.08. The molecule has 0 saturated carbocycles. The number of hydrogen-bond donors (Lipinski definition) is 1. The van der Waals surface area contributed by atoms with Crippen LogP contribution in [0.5, 0.6) is 0 Å². The van der Waals surface area contributed by atoms with E-state index in [2.05, 4.69) is 40.3 Å². The predicted octanol–water partition coefficient (Wildman–Crippen LogP) is 2.15. The van der Waals surface area contributed by atoms with Crippen molar-refractivity contribution in [2.24, 2.45) is 0 Å². The van der Waals surface area contributed by atoms with Crippen LogP contribution in [0.1, 0.15) is 19.0 Å². The lowest BCUT2D eigenvalue weighted by Gasteiger charge is -2.19. The zero-order chi connectivity index (χ0) is 13.2. The van der Waals surface area contributed by atoms with Gasteiger partial charge in [-0.15, -0.1) is 13.2 Å². The van der Waals surface area contributed by atoms with E-state index in [0.29, 0.717) is 0 Å². The van der Waals surface area contributed by atoms with Crippen LogP contribution >= 0.6 is 0 Å². The summed E-state index contributed by atoms with van der Waals surface area (Å²) in [5.41, 5.74) is 0.962. The van der Waals surface area contributed by atoms with Crippen molar-refractivity contribution in [1.82, 2.24) is 15.3 Å². The van der Waals surface area contributed by atoms with Gasteiger partial charge in [0.1, 0.15) is 5.82 Å². The summed E-state index contributed by atoms with van der Waals surface area (Å²) in [6.45, 7) is 12.9. The minimum Gasteiger partial charge on any atom is -0.348 e. The summed E-state index contributed by atoms with van der Waals surface area (Å²) in [5.74, 6) is 0.856. The molecule has 0 aliphatic heterocycles. The quantitative estimate of drug-likeness (QED) is 0.535. The second-order valence-corrected chi connectivity index (χ2v) is 4.03. The van der Waals surface area contributed by atoms with Gasteiger partial charge in [0, 0.05) is 19.6 Å². The van der Waals surface area contributed by atoms with E-state index in [1.165, 1.54) is 0 Å². The Morgan fingerprint density at radius 1 is 1.22 bits per heavy atom. The van der Waals surface area contributed by atoms with Crippen LogP contribution in [0.15, 0.2) is 37.7 Å². The lowest BCUT2D eigenvalue weighted by Crippen LogP contribution is -2.24. The largest absolute Gasteiger partial charge is 0.348 e. The Morgan fingerprint density at radius 3 is 2.44 bits per heavy atom. The molecule has 4 nitrogen and oxygen atoms in total. The van der Waals surface area contributed by atoms with Crippen LogP contribution in [0, 0.1) is 0 Å². The van der Waals surface area contributed by atoms with Crippen LogP contribution in [0.3, 0.4) is 0 Å². The number of hydrogen-bond acceptors (Lipinski definition) is 4. The van der Waals surface area contributed by atoms with Gasteiger partial charge in [-0.25, -0.2) is 4.98 Å². The molecule has 0 aliphatic rings. The second-order valence-electron chi connectivity index (χ2n) is 4.03. The molecule has 1 aromatic rings. The van der Waals surface area contributed by atoms with Gasteiger partial charge >= 0.3 is 0 Å². The fourth-order valence-corrected chi connectivity index (χ4v) is 1.57. The smallest absolute Gasteiger partial charge is 0.147 e. The second kappa shape index (κ2) is 8.42. The van der Waals surface area contributed by atoms with Crippen LogP contribution in [0.4, 0.5) is 5.82 Å². The molecule has 0 atom stereocenters. The SMILES string of the molecule is C=CCN(CC=C)c1cnc(CNCCC)cn1. The molecule has 4 heteroatoms. The van der Waals surface area contributed by atoms with Crippen LogP contribution in [-0.2, 0) is 6.54 Å². The minimum atomic E-state index is 0.744. The van der Waals surface area contributed by atoms with Gasteiger partial charge in [0.25, 0.3) is 0 Å². The number of nitrogens with zero attached hydrogens (tertiary/aromatic N) is 3. The van der Waals surface area contributed by atoms with Crippen LogP contribution in [0.2, 0.25) is 0 Å². The van der Waals surface area contributed by atoms with Gasteiger partial charge in [0.15, 0.2) is 0 Å². The molecule has 0 bridgehead atoms. The highest BCUT2D eigenvalue weighted by Gasteiger charge is 2.04. The maximum Gasteiger partial charge on any atom is 0.147 e. The predicted molar refractivity (Wildman–Crippen MR) is 76.6 cm³/mol. The van der Waals surface area contributed by atoms with Gasteiger partial charge in [-0.05, 0) is 13.0 Å². The number of nitrogens with one attached hydrogen (secondary N) is 1. The zero-order valence-corrected chi connectivity index (χ0v) is 11.1. The third-order valence-corrected chi connectivity index (χ3v) is 2.45. The van der Waals surface area contributed by atoms with E-state index < -0.39 is 0 Å². The highest BCUT2D eigenvalue weighted by molar-refractivity contribution is 5.37. The average Bonchev–Trinajstić information content (AvgIpc) is 2.40. The Labute approximate surface area is 109 Å². The fraction of sp³-hybridized carbons (Fsp3) is 0.429. The van der Waals surface area contributed by atoms with Gasteiger partial charge in [0.2, 0.25) is 0 Å². The number of aromatic nitrogens is 2. The topological polar surface area (TPSA) is 41.1 Å². The first kappa shape index (κ1) is 14.4. The van der Waals surface area contributed by atoms with Gasteiger partial charge in [-0.3, -0.25) is 4.98 Å². The number of anilines is 1. The van der Waals surface area contributed by atoms with E-state index >= 15 is 0 Å². The molecule has 0 spiro atoms. The summed E-state index contributed by atoms with van der Waals surface area (Å²) in [6.07, 6.45) is 8.44. The van der Waals surface area contributed by atoms with Crippen molar-refractivity contribution in [2.75, 3.05) is 24.5 Å². The third kappa shape index (κ3) is 4.67. The Hall–Kier alpha value is -1.68. The van der Waals surface area contributed by atoms with Crippen LogP contribution in [-0.4, -0.2) is 29.6 Å². The fourth-order valence-electron chi connectivity index (χ4n) is 1.57. The molecule has 0 fully saturated rings. The third-order valence-electron chi connectivity index (χ3n) is 2.45. The molecule has 1 rings (SSSR count). The molecule has 0 unspecified atom stereocenters. The van der Waals surface area contributed by atoms with E-state index in [9.17, 15) is 0 Å². The van der Waals surface area contributed by atoms with Crippen molar-refractivity contribution in [3.8, 4) is 0 Å². The van der Waals surface area contributed by atoms with Crippen LogP contribution < -0.4 is 10.2 Å². The molecule has 1 N–H and O–H groups in total. The first-order valence-corrected chi connectivity index (χ1v) is 6.30. The van der Waals surface area contributed by atoms with Crippen molar-refractivity contribution in [2.45, 2.75) is 19.9 Å². The van der Waals surface area contributed by atoms with Crippen molar-refractivity contribution in [3.63, 3.8) is 0 Å². The van der Waals surface area contributed by atoms with Gasteiger partial charge < -0.3 is 10.2 Å². The summed E-state index contributed by atoms with van der Waals surface area (Å²) in [4.78, 5) is 10.9. The van der Waals surface area contributed by atoms with E-state index in [4.69, 9.17) is 0 Å². The lowest BCUT2D eigenvalue weighted by molar-refractivity contribution is 0.661. The summed E-state index contributed by atoms with van der Waals surface area (Å²) < 4.78 is 0. The summed E-state index contributed by atoms with van der Waals surface area (Å²) in [6, 6.07) is 0. The van der Waals surface area contributed by atoms with Crippen molar-refractivity contribution >= 4 is 5.82 Å². The van der Waals surface area contributed by atoms with Crippen LogP contribution in [0.25, 0.3) is 0 Å². The molecular formula is C14H22N4. The minimum absolute atomic E-state index is 0.744. The van der Waals surface area contributed by atoms with Gasteiger partial charge in [-0.1, -0.05) is 19.1 Å². The van der Waals surface area contributed by atoms with E-state index in [-0.39, 0.29) is 0 Å². The molecule has 0 saturated heterocycles. The summed E-state index contributed by atoms with van der Waals surface area (Å²) >= 11 is 0. The summed E-state index contributed by atoms with van der Waals surface area (Å²) in [7, 11) is 0. The zero-order valence-electron chi connectivity index (χ0n) is 11.1. The maximum atomic E-state index is 4.42. The van der Waals surface area contributed by atoms with E-state index in [1.54, 1.807) is 6.20 Å². The molecule has 18 heavy (non-hydrogen) atoms. The molecule has 0 amide bonds. The molecule has 1 heterocycles. The van der Waals surface area contributed by atoms with Gasteiger partial charge in [-0.2, -0.15) is 0 Å². The van der Waals surface area contributed by atoms with Crippen molar-refractivity contribution < 1.29 is 0 Å². The molecular weight excluding hydrogens is 224 g/mol. The monoisotopic (exact) mass is 246 g/mol. The Balaban J connectivity index is 2.61. The van der Waals surface area contributed by atoms with Gasteiger partial charge in [0.05, 0.1) is 18.1 Å². The normalized spacial score (nSPS) is 10.1. The lowest BCUT2D eigenvalue weighted by atomic mass is 10.4. The molecule has 98 valence electrons. The van der Waals surface area contributed by atoms with Crippen molar-refractivity contribution in [1.29, 1.82) is 0 Å². The van der Waals surface area contributed by atoms with E-state index in [0.717, 1.165) is 44.1 Å². The highest BCUT2D eigenvalue weighted by atomic mass is 15.2. The molecule has 1 aromatic heterocycles. The Kier molecular flexibility index (Phi) is 6.72.